The van der Waals surface area contributed by atoms with Gasteiger partial charge in [0.2, 0.25) is 5.54 Å². The Morgan fingerprint density at radius 1 is 1.03 bits per heavy atom. The van der Waals surface area contributed by atoms with Crippen LogP contribution in [0.3, 0.4) is 0 Å². The Bertz CT molecular complexity index is 1200. The van der Waals surface area contributed by atoms with Crippen LogP contribution in [0.5, 0.6) is 5.75 Å². The molecule has 35 heavy (non-hydrogen) atoms. The van der Waals surface area contributed by atoms with Crippen LogP contribution >= 0.6 is 0 Å². The van der Waals surface area contributed by atoms with Gasteiger partial charge >= 0.3 is 6.18 Å². The van der Waals surface area contributed by atoms with E-state index in [2.05, 4.69) is 0 Å². The van der Waals surface area contributed by atoms with Crippen molar-refractivity contribution < 1.29 is 32.3 Å². The minimum Gasteiger partial charge on any atom is -0.497 e. The third kappa shape index (κ3) is 4.19. The first-order chi connectivity index (χ1) is 16.4. The Morgan fingerprint density at radius 3 is 2.23 bits per heavy atom. The summed E-state index contributed by atoms with van der Waals surface area (Å²) in [5.74, 6) is -2.89. The number of rotatable bonds is 5. The number of amides is 2. The van der Waals surface area contributed by atoms with E-state index in [0.29, 0.717) is 11.3 Å². The van der Waals surface area contributed by atoms with Gasteiger partial charge in [-0.05, 0) is 41.7 Å². The number of ether oxygens (including phenoxy) is 1. The highest BCUT2D eigenvalue weighted by molar-refractivity contribution is 6.14. The molecule has 0 saturated carbocycles. The molecule has 6 nitrogen and oxygen atoms in total. The standard InChI is InChI=1S/C26H25F3N2O4/c1-24(2)13-19-21(20(32)14-24)25(26(27,28)29,23(34)31(19)15-16-7-5-4-6-8-16)30-22(33)17-9-11-18(35-3)12-10-17/h4-12H,13-15H2,1-3H3,(H,30,33). The van der Waals surface area contributed by atoms with E-state index in [0.717, 1.165) is 4.90 Å². The minimum absolute atomic E-state index is 0.00691. The second kappa shape index (κ2) is 8.55. The molecule has 0 aromatic heterocycles. The largest absolute Gasteiger partial charge is 0.497 e. The number of hydrogen-bond acceptors (Lipinski definition) is 4. The molecule has 0 radical (unpaired) electrons. The summed E-state index contributed by atoms with van der Waals surface area (Å²) in [6, 6.07) is 14.0. The lowest BCUT2D eigenvalue weighted by atomic mass is 9.72. The maximum Gasteiger partial charge on any atom is 0.425 e. The van der Waals surface area contributed by atoms with Crippen molar-refractivity contribution in [2.75, 3.05) is 7.11 Å². The molecule has 9 heteroatoms. The van der Waals surface area contributed by atoms with Gasteiger partial charge in [-0.2, -0.15) is 13.2 Å². The molecule has 0 fully saturated rings. The molecule has 184 valence electrons. The Hall–Kier alpha value is -3.62. The summed E-state index contributed by atoms with van der Waals surface area (Å²) in [6.07, 6.45) is -5.34. The number of Topliss-reactive ketones (excluding diaryl/α,β-unsaturated/α-hetero) is 1. The minimum atomic E-state index is -5.25. The predicted octanol–water partition coefficient (Wildman–Crippen LogP) is 4.41. The number of carbonyl (C=O) groups excluding carboxylic acids is 3. The van der Waals surface area contributed by atoms with Crippen LogP contribution in [-0.2, 0) is 16.1 Å². The molecule has 4 rings (SSSR count). The van der Waals surface area contributed by atoms with Crippen LogP contribution in [0.25, 0.3) is 0 Å². The zero-order valence-electron chi connectivity index (χ0n) is 19.5. The first kappa shape index (κ1) is 24.5. The highest BCUT2D eigenvalue weighted by atomic mass is 19.4. The van der Waals surface area contributed by atoms with Crippen molar-refractivity contribution >= 4 is 17.6 Å². The number of ketones is 1. The number of methoxy groups -OCH3 is 1. The number of nitrogens with one attached hydrogen (secondary N) is 1. The van der Waals surface area contributed by atoms with Gasteiger partial charge in [0, 0.05) is 17.7 Å². The zero-order valence-corrected chi connectivity index (χ0v) is 19.5. The SMILES string of the molecule is COc1ccc(C(=O)NC2(C(F)(F)F)C(=O)N(Cc3ccccc3)C3=C2C(=O)CC(C)(C)C3)cc1. The van der Waals surface area contributed by atoms with Crippen molar-refractivity contribution in [1.29, 1.82) is 0 Å². The molecule has 2 amide bonds. The Balaban J connectivity index is 1.84. The second-order valence-electron chi connectivity index (χ2n) is 9.57. The van der Waals surface area contributed by atoms with Crippen LogP contribution in [-0.4, -0.2) is 41.3 Å². The molecule has 2 aromatic rings. The zero-order chi connectivity index (χ0) is 25.6. The van der Waals surface area contributed by atoms with E-state index in [1.807, 2.05) is 5.32 Å². The van der Waals surface area contributed by atoms with E-state index in [4.69, 9.17) is 4.74 Å². The maximum absolute atomic E-state index is 14.8. The molecule has 1 atom stereocenters. The normalized spacial score (nSPS) is 21.7. The molecule has 2 aromatic carbocycles. The lowest BCUT2D eigenvalue weighted by Gasteiger charge is -2.35. The van der Waals surface area contributed by atoms with E-state index < -0.39 is 40.3 Å². The van der Waals surface area contributed by atoms with Gasteiger partial charge in [0.15, 0.2) is 5.78 Å². The fraction of sp³-hybridized carbons (Fsp3) is 0.346. The summed E-state index contributed by atoms with van der Waals surface area (Å²) < 4.78 is 49.5. The van der Waals surface area contributed by atoms with E-state index in [1.165, 1.54) is 31.4 Å². The highest BCUT2D eigenvalue weighted by Gasteiger charge is 2.71. The van der Waals surface area contributed by atoms with Gasteiger partial charge in [0.05, 0.1) is 19.2 Å². The Kier molecular flexibility index (Phi) is 5.99. The monoisotopic (exact) mass is 486 g/mol. The number of hydrogen-bond donors (Lipinski definition) is 1. The number of nitrogens with zero attached hydrogens (tertiary/aromatic N) is 1. The van der Waals surface area contributed by atoms with E-state index in [9.17, 15) is 27.6 Å². The summed E-state index contributed by atoms with van der Waals surface area (Å²) in [7, 11) is 1.41. The van der Waals surface area contributed by atoms with Gasteiger partial charge in [-0.25, -0.2) is 0 Å². The molecule has 0 bridgehead atoms. The Labute approximate surface area is 200 Å². The van der Waals surface area contributed by atoms with Crippen LogP contribution in [0.1, 0.15) is 42.6 Å². The summed E-state index contributed by atoms with van der Waals surface area (Å²) in [5.41, 5.74) is -4.30. The average molecular weight is 486 g/mol. The molecule has 1 aliphatic carbocycles. The number of benzene rings is 2. The summed E-state index contributed by atoms with van der Waals surface area (Å²) >= 11 is 0. The number of carbonyl (C=O) groups is 3. The summed E-state index contributed by atoms with van der Waals surface area (Å²) in [4.78, 5) is 40.9. The number of alkyl halides is 3. The van der Waals surface area contributed by atoms with Gasteiger partial charge in [-0.15, -0.1) is 0 Å². The third-order valence-corrected chi connectivity index (χ3v) is 6.38. The van der Waals surface area contributed by atoms with Crippen LogP contribution in [0.2, 0.25) is 0 Å². The van der Waals surface area contributed by atoms with Gasteiger partial charge in [-0.1, -0.05) is 44.2 Å². The summed E-state index contributed by atoms with van der Waals surface area (Å²) in [5, 5.41) is 1.93. The van der Waals surface area contributed by atoms with Crippen molar-refractivity contribution in [1.82, 2.24) is 10.2 Å². The molecule has 0 saturated heterocycles. The molecule has 1 N–H and O–H groups in total. The first-order valence-corrected chi connectivity index (χ1v) is 11.1. The smallest absolute Gasteiger partial charge is 0.425 e. The lowest BCUT2D eigenvalue weighted by Crippen LogP contribution is -2.66. The molecule has 1 aliphatic heterocycles. The maximum atomic E-state index is 14.8. The van der Waals surface area contributed by atoms with Crippen molar-refractivity contribution in [3.8, 4) is 5.75 Å². The molecule has 1 heterocycles. The van der Waals surface area contributed by atoms with Gasteiger partial charge < -0.3 is 15.0 Å². The first-order valence-electron chi connectivity index (χ1n) is 11.1. The van der Waals surface area contributed by atoms with Crippen LogP contribution < -0.4 is 10.1 Å². The highest BCUT2D eigenvalue weighted by Crippen LogP contribution is 2.52. The van der Waals surface area contributed by atoms with Crippen LogP contribution in [0.4, 0.5) is 13.2 Å². The molecule has 0 spiro atoms. The Morgan fingerprint density at radius 2 is 1.66 bits per heavy atom. The number of allylic oxidation sites excluding steroid dienone is 1. The fourth-order valence-corrected chi connectivity index (χ4v) is 4.74. The quantitative estimate of drug-likeness (QED) is 0.679. The van der Waals surface area contributed by atoms with Gasteiger partial charge in [0.25, 0.3) is 11.8 Å². The van der Waals surface area contributed by atoms with E-state index >= 15 is 0 Å². The second-order valence-corrected chi connectivity index (χ2v) is 9.57. The van der Waals surface area contributed by atoms with Crippen LogP contribution in [0, 0.1) is 5.41 Å². The molecule has 1 unspecified atom stereocenters. The summed E-state index contributed by atoms with van der Waals surface area (Å²) in [6.45, 7) is 3.38. The van der Waals surface area contributed by atoms with E-state index in [-0.39, 0.29) is 30.6 Å². The molecular formula is C26H25F3N2O4. The third-order valence-electron chi connectivity index (χ3n) is 6.38. The average Bonchev–Trinajstić information content (AvgIpc) is 3.02. The molecule has 2 aliphatic rings. The van der Waals surface area contributed by atoms with Crippen LogP contribution in [0.15, 0.2) is 65.9 Å². The predicted molar refractivity (Wildman–Crippen MR) is 121 cm³/mol. The van der Waals surface area contributed by atoms with Gasteiger partial charge in [0.1, 0.15) is 5.75 Å². The number of halogens is 3. The van der Waals surface area contributed by atoms with Crippen molar-refractivity contribution in [2.24, 2.45) is 5.41 Å². The lowest BCUT2D eigenvalue weighted by molar-refractivity contribution is -0.190. The van der Waals surface area contributed by atoms with Crippen molar-refractivity contribution in [2.45, 2.75) is 44.9 Å². The topological polar surface area (TPSA) is 75.7 Å². The molecular weight excluding hydrogens is 461 g/mol. The van der Waals surface area contributed by atoms with Crippen molar-refractivity contribution in [3.63, 3.8) is 0 Å². The van der Waals surface area contributed by atoms with Crippen molar-refractivity contribution in [3.05, 3.63) is 77.0 Å². The van der Waals surface area contributed by atoms with Gasteiger partial charge in [-0.3, -0.25) is 14.4 Å². The fourth-order valence-electron chi connectivity index (χ4n) is 4.74. The van der Waals surface area contributed by atoms with E-state index in [1.54, 1.807) is 44.2 Å².